The van der Waals surface area contributed by atoms with Gasteiger partial charge in [-0.3, -0.25) is 9.69 Å². The molecule has 2 heterocycles. The largest absolute Gasteiger partial charge is 0.321 e. The van der Waals surface area contributed by atoms with Crippen LogP contribution in [0.5, 0.6) is 0 Å². The Kier molecular flexibility index (Phi) is 7.69. The third kappa shape index (κ3) is 5.26. The minimum Gasteiger partial charge on any atom is -0.321 e. The van der Waals surface area contributed by atoms with Crippen LogP contribution in [0.2, 0.25) is 0 Å². The molecular formula is C29H38N6O. The summed E-state index contributed by atoms with van der Waals surface area (Å²) in [6.45, 7) is 14.0. The molecular weight excluding hydrogens is 448 g/mol. The SMILES string of the molecule is CCC[C@H](c1nnnn1C(C)(C)CC)N(Cc1ccccc1)Cc1cc2ccc(C)c(C)c2[nH]c1=O. The highest BCUT2D eigenvalue weighted by Crippen LogP contribution is 2.31. The molecule has 4 rings (SSSR count). The zero-order valence-corrected chi connectivity index (χ0v) is 22.4. The van der Waals surface area contributed by atoms with Crippen molar-refractivity contribution in [2.45, 2.75) is 85.5 Å². The highest BCUT2D eigenvalue weighted by molar-refractivity contribution is 5.83. The monoisotopic (exact) mass is 486 g/mol. The maximum absolute atomic E-state index is 13.3. The molecule has 0 unspecified atom stereocenters. The number of nitrogens with one attached hydrogen (secondary N) is 1. The Labute approximate surface area is 213 Å². The molecule has 0 aliphatic heterocycles. The van der Waals surface area contributed by atoms with Crippen LogP contribution in [0.1, 0.15) is 81.1 Å². The van der Waals surface area contributed by atoms with E-state index in [1.807, 2.05) is 16.8 Å². The van der Waals surface area contributed by atoms with Crippen molar-refractivity contribution < 1.29 is 0 Å². The van der Waals surface area contributed by atoms with E-state index in [0.717, 1.165) is 47.1 Å². The van der Waals surface area contributed by atoms with Crippen molar-refractivity contribution in [3.8, 4) is 0 Å². The molecule has 0 fully saturated rings. The third-order valence-electron chi connectivity index (χ3n) is 7.46. The second kappa shape index (κ2) is 10.7. The minimum absolute atomic E-state index is 0.0362. The molecule has 0 saturated heterocycles. The zero-order chi connectivity index (χ0) is 25.9. The summed E-state index contributed by atoms with van der Waals surface area (Å²) in [5.74, 6) is 0.850. The van der Waals surface area contributed by atoms with Crippen LogP contribution in [-0.4, -0.2) is 30.1 Å². The fourth-order valence-corrected chi connectivity index (χ4v) is 4.73. The Hall–Kier alpha value is -3.32. The Morgan fingerprint density at radius 1 is 1.06 bits per heavy atom. The third-order valence-corrected chi connectivity index (χ3v) is 7.46. The van der Waals surface area contributed by atoms with Crippen LogP contribution in [0.3, 0.4) is 0 Å². The molecule has 1 N–H and O–H groups in total. The van der Waals surface area contributed by atoms with Crippen molar-refractivity contribution in [2.24, 2.45) is 0 Å². The second-order valence-corrected chi connectivity index (χ2v) is 10.4. The molecule has 4 aromatic rings. The first-order valence-electron chi connectivity index (χ1n) is 12.9. The molecule has 2 aromatic heterocycles. The lowest BCUT2D eigenvalue weighted by atomic mass is 10.00. The van der Waals surface area contributed by atoms with E-state index in [0.29, 0.717) is 13.1 Å². The average molecular weight is 487 g/mol. The molecule has 1 atom stereocenters. The van der Waals surface area contributed by atoms with E-state index in [4.69, 9.17) is 0 Å². The fourth-order valence-electron chi connectivity index (χ4n) is 4.73. The maximum atomic E-state index is 13.3. The number of H-pyrrole nitrogens is 1. The number of hydrogen-bond acceptors (Lipinski definition) is 5. The first kappa shape index (κ1) is 25.8. The number of aromatic nitrogens is 5. The number of pyridine rings is 1. The first-order valence-corrected chi connectivity index (χ1v) is 12.9. The minimum atomic E-state index is -0.209. The van der Waals surface area contributed by atoms with E-state index in [9.17, 15) is 4.79 Å². The first-order chi connectivity index (χ1) is 17.2. The fraction of sp³-hybridized carbons (Fsp3) is 0.448. The maximum Gasteiger partial charge on any atom is 0.252 e. The van der Waals surface area contributed by atoms with Gasteiger partial charge in [0.05, 0.1) is 17.1 Å². The van der Waals surface area contributed by atoms with Crippen molar-refractivity contribution in [1.82, 2.24) is 30.1 Å². The van der Waals surface area contributed by atoms with Gasteiger partial charge in [-0.1, -0.05) is 62.7 Å². The average Bonchev–Trinajstić information content (AvgIpc) is 3.37. The lowest BCUT2D eigenvalue weighted by molar-refractivity contribution is 0.145. The van der Waals surface area contributed by atoms with Gasteiger partial charge in [0.25, 0.3) is 5.56 Å². The standard InChI is InChI=1S/C29H38N6O/c1-7-12-25(27-31-32-33-35(27)29(5,6)8-2)34(18-22-13-10-9-11-14-22)19-24-17-23-16-15-20(3)21(4)26(23)30-28(24)36/h9-11,13-17,25H,7-8,12,18-19H2,1-6H3,(H,30,36)/t25-/m1/s1. The van der Waals surface area contributed by atoms with Crippen molar-refractivity contribution in [2.75, 3.05) is 0 Å². The van der Waals surface area contributed by atoms with Gasteiger partial charge in [-0.05, 0) is 79.1 Å². The molecule has 7 heteroatoms. The van der Waals surface area contributed by atoms with Gasteiger partial charge in [0, 0.05) is 18.7 Å². The lowest BCUT2D eigenvalue weighted by Crippen LogP contribution is -2.36. The van der Waals surface area contributed by atoms with Gasteiger partial charge in [0.1, 0.15) is 0 Å². The molecule has 0 bridgehead atoms. The van der Waals surface area contributed by atoms with Crippen LogP contribution in [-0.2, 0) is 18.6 Å². The lowest BCUT2D eigenvalue weighted by Gasteiger charge is -2.33. The highest BCUT2D eigenvalue weighted by Gasteiger charge is 2.31. The number of hydrogen-bond donors (Lipinski definition) is 1. The highest BCUT2D eigenvalue weighted by atomic mass is 16.1. The summed E-state index contributed by atoms with van der Waals surface area (Å²) in [5.41, 5.74) is 4.88. The topological polar surface area (TPSA) is 79.7 Å². The molecule has 0 spiro atoms. The van der Waals surface area contributed by atoms with Crippen LogP contribution in [0.25, 0.3) is 10.9 Å². The second-order valence-electron chi connectivity index (χ2n) is 10.4. The summed E-state index contributed by atoms with van der Waals surface area (Å²) >= 11 is 0. The molecule has 190 valence electrons. The van der Waals surface area contributed by atoms with E-state index >= 15 is 0 Å². The van der Waals surface area contributed by atoms with E-state index in [1.165, 1.54) is 11.1 Å². The number of nitrogens with zero attached hydrogens (tertiary/aromatic N) is 5. The molecule has 0 aliphatic carbocycles. The summed E-state index contributed by atoms with van der Waals surface area (Å²) < 4.78 is 1.97. The molecule has 0 amide bonds. The molecule has 7 nitrogen and oxygen atoms in total. The molecule has 0 aliphatic rings. The van der Waals surface area contributed by atoms with Crippen molar-refractivity contribution >= 4 is 10.9 Å². The number of aryl methyl sites for hydroxylation is 2. The molecule has 2 aromatic carbocycles. The van der Waals surface area contributed by atoms with Crippen LogP contribution in [0.15, 0.2) is 53.3 Å². The van der Waals surface area contributed by atoms with Crippen LogP contribution in [0.4, 0.5) is 0 Å². The molecule has 0 radical (unpaired) electrons. The summed E-state index contributed by atoms with van der Waals surface area (Å²) in [6, 6.07) is 16.6. The Balaban J connectivity index is 1.80. The van der Waals surface area contributed by atoms with Gasteiger partial charge in [-0.25, -0.2) is 4.68 Å². The van der Waals surface area contributed by atoms with Gasteiger partial charge >= 0.3 is 0 Å². The van der Waals surface area contributed by atoms with Crippen molar-refractivity contribution in [1.29, 1.82) is 0 Å². The van der Waals surface area contributed by atoms with Crippen molar-refractivity contribution in [3.63, 3.8) is 0 Å². The summed E-state index contributed by atoms with van der Waals surface area (Å²) in [7, 11) is 0. The van der Waals surface area contributed by atoms with Gasteiger partial charge in [0.2, 0.25) is 0 Å². The normalized spacial score (nSPS) is 13.0. The number of aromatic amines is 1. The number of rotatable bonds is 10. The van der Waals surface area contributed by atoms with E-state index in [1.54, 1.807) is 0 Å². The number of fused-ring (bicyclic) bond motifs is 1. The van der Waals surface area contributed by atoms with E-state index in [-0.39, 0.29) is 17.1 Å². The Morgan fingerprint density at radius 3 is 2.50 bits per heavy atom. The summed E-state index contributed by atoms with van der Waals surface area (Å²) in [6.07, 6.45) is 2.77. The number of tetrazole rings is 1. The van der Waals surface area contributed by atoms with Crippen molar-refractivity contribution in [3.05, 3.63) is 87.0 Å². The van der Waals surface area contributed by atoms with Gasteiger partial charge in [0.15, 0.2) is 5.82 Å². The van der Waals surface area contributed by atoms with Crippen LogP contribution < -0.4 is 5.56 Å². The zero-order valence-electron chi connectivity index (χ0n) is 22.4. The Bertz CT molecular complexity index is 1370. The van der Waals surface area contributed by atoms with Gasteiger partial charge in [-0.2, -0.15) is 0 Å². The molecule has 36 heavy (non-hydrogen) atoms. The van der Waals surface area contributed by atoms with Crippen LogP contribution in [0, 0.1) is 13.8 Å². The Morgan fingerprint density at radius 2 is 1.81 bits per heavy atom. The van der Waals surface area contributed by atoms with Gasteiger partial charge in [-0.15, -0.1) is 5.10 Å². The summed E-state index contributed by atoms with van der Waals surface area (Å²) in [5, 5.41) is 14.1. The van der Waals surface area contributed by atoms with E-state index in [2.05, 4.69) is 103 Å². The van der Waals surface area contributed by atoms with Crippen LogP contribution >= 0.6 is 0 Å². The van der Waals surface area contributed by atoms with E-state index < -0.39 is 0 Å². The quantitative estimate of drug-likeness (QED) is 0.305. The van der Waals surface area contributed by atoms with Gasteiger partial charge < -0.3 is 4.98 Å². The molecule has 0 saturated carbocycles. The number of benzene rings is 2. The predicted octanol–water partition coefficient (Wildman–Crippen LogP) is 5.82. The summed E-state index contributed by atoms with van der Waals surface area (Å²) in [4.78, 5) is 18.8. The smallest absolute Gasteiger partial charge is 0.252 e. The predicted molar refractivity (Wildman–Crippen MR) is 145 cm³/mol.